The molecule has 9 aromatic rings. The van der Waals surface area contributed by atoms with Crippen molar-refractivity contribution < 1.29 is 0 Å². The average Bonchev–Trinajstić information content (AvgIpc) is 3.83. The molecule has 0 aliphatic heterocycles. The van der Waals surface area contributed by atoms with E-state index in [1.165, 1.54) is 65.6 Å². The van der Waals surface area contributed by atoms with Crippen molar-refractivity contribution in [3.63, 3.8) is 0 Å². The van der Waals surface area contributed by atoms with Crippen LogP contribution in [0.1, 0.15) is 52.9 Å². The van der Waals surface area contributed by atoms with E-state index in [2.05, 4.69) is 211 Å². The van der Waals surface area contributed by atoms with Crippen LogP contribution in [0.3, 0.4) is 0 Å². The van der Waals surface area contributed by atoms with E-state index in [0.717, 1.165) is 28.8 Å². The molecule has 0 bridgehead atoms. The summed E-state index contributed by atoms with van der Waals surface area (Å²) in [5.74, 6) is 0.627. The number of hydrogen-bond donors (Lipinski definition) is 2. The Morgan fingerprint density at radius 1 is 0.641 bits per heavy atom. The molecule has 0 radical (unpaired) electrons. The number of nitrogens with zero attached hydrogens (tertiary/aromatic N) is 2. The first-order valence-electron chi connectivity index (χ1n) is 22.3. The van der Waals surface area contributed by atoms with Crippen LogP contribution in [-0.4, -0.2) is 26.1 Å². The third-order valence-electron chi connectivity index (χ3n) is 13.3. The molecule has 1 heterocycles. The molecule has 0 amide bonds. The minimum absolute atomic E-state index is 0.263. The lowest BCUT2D eigenvalue weighted by molar-refractivity contribution is 0.677. The molecule has 1 aromatic heterocycles. The van der Waals surface area contributed by atoms with Gasteiger partial charge < -0.3 is 9.88 Å². The van der Waals surface area contributed by atoms with E-state index in [-0.39, 0.29) is 5.92 Å². The van der Waals surface area contributed by atoms with Crippen molar-refractivity contribution in [3.05, 3.63) is 257 Å². The molecule has 0 spiro atoms. The van der Waals surface area contributed by atoms with Crippen LogP contribution in [0.15, 0.2) is 229 Å². The van der Waals surface area contributed by atoms with Gasteiger partial charge >= 0.3 is 0 Å². The topological polar surface area (TPSA) is 53.2 Å². The van der Waals surface area contributed by atoms with Crippen molar-refractivity contribution in [2.24, 2.45) is 10.9 Å². The molecule has 5 heteroatoms. The van der Waals surface area contributed by atoms with Crippen molar-refractivity contribution in [1.82, 2.24) is 9.88 Å². The Morgan fingerprint density at radius 3 is 2.03 bits per heavy atom. The molecular weight excluding hydrogens is 793 g/mol. The smallest absolute Gasteiger partial charge is 0.145 e. The number of para-hydroxylation sites is 1. The number of hydrogen-bond acceptors (Lipinski definition) is 2. The highest BCUT2D eigenvalue weighted by Crippen LogP contribution is 2.57. The second-order valence-corrected chi connectivity index (χ2v) is 19.2. The molecular formula is C59H48N4Si. The van der Waals surface area contributed by atoms with Gasteiger partial charge in [-0.1, -0.05) is 211 Å². The Hall–Kier alpha value is -7.60. The normalized spacial score (nSPS) is 15.9. The second-order valence-electron chi connectivity index (χ2n) is 17.2. The van der Waals surface area contributed by atoms with E-state index in [9.17, 15) is 5.41 Å². The van der Waals surface area contributed by atoms with Gasteiger partial charge in [0.15, 0.2) is 0 Å². The van der Waals surface area contributed by atoms with Crippen LogP contribution in [-0.2, 0) is 5.41 Å². The summed E-state index contributed by atoms with van der Waals surface area (Å²) in [6.07, 6.45) is 7.22. The first kappa shape index (κ1) is 39.3. The summed E-state index contributed by atoms with van der Waals surface area (Å²) < 4.78 is 2.47. The number of allylic oxidation sites excluding steroid dienone is 4. The fraction of sp³-hybridized carbons (Fsp3) is 0.0847. The van der Waals surface area contributed by atoms with Gasteiger partial charge in [-0.05, 0) is 81.1 Å². The summed E-state index contributed by atoms with van der Waals surface area (Å²) in [7, 11) is -0.659. The minimum Gasteiger partial charge on any atom is -0.345 e. The highest BCUT2D eigenvalue weighted by molar-refractivity contribution is 6.67. The quantitative estimate of drug-likeness (QED) is 0.0804. The molecule has 0 fully saturated rings. The number of nitrogens with one attached hydrogen (secondary N) is 2. The molecule has 8 aromatic carbocycles. The zero-order valence-electron chi connectivity index (χ0n) is 35.8. The fourth-order valence-electron chi connectivity index (χ4n) is 10.2. The van der Waals surface area contributed by atoms with Crippen LogP contribution >= 0.6 is 0 Å². The van der Waals surface area contributed by atoms with Crippen molar-refractivity contribution in [2.75, 3.05) is 0 Å². The lowest BCUT2D eigenvalue weighted by atomic mass is 9.67. The number of fused-ring (bicyclic) bond motifs is 6. The first-order chi connectivity index (χ1) is 31.6. The predicted molar refractivity (Wildman–Crippen MR) is 271 cm³/mol. The van der Waals surface area contributed by atoms with Crippen LogP contribution < -0.4 is 15.7 Å². The van der Waals surface area contributed by atoms with Gasteiger partial charge in [0, 0.05) is 28.2 Å². The maximum atomic E-state index is 9.26. The van der Waals surface area contributed by atoms with Gasteiger partial charge in [-0.25, -0.2) is 0 Å². The monoisotopic (exact) mass is 840 g/mol. The van der Waals surface area contributed by atoms with Crippen LogP contribution in [0.4, 0.5) is 0 Å². The van der Waals surface area contributed by atoms with E-state index in [4.69, 9.17) is 4.99 Å². The number of rotatable bonds is 10. The van der Waals surface area contributed by atoms with Gasteiger partial charge in [0.25, 0.3) is 0 Å². The maximum absolute atomic E-state index is 9.26. The molecule has 2 atom stereocenters. The molecule has 2 unspecified atom stereocenters. The van der Waals surface area contributed by atoms with Gasteiger partial charge in [-0.15, -0.1) is 0 Å². The Bertz CT molecular complexity index is 3240. The summed E-state index contributed by atoms with van der Waals surface area (Å²) in [5.41, 5.74) is 13.7. The average molecular weight is 841 g/mol. The van der Waals surface area contributed by atoms with E-state index in [1.807, 2.05) is 30.5 Å². The van der Waals surface area contributed by atoms with Gasteiger partial charge in [0.05, 0.1) is 26.0 Å². The molecule has 64 heavy (non-hydrogen) atoms. The summed E-state index contributed by atoms with van der Waals surface area (Å²) in [4.78, 5) is 5.25. The second kappa shape index (κ2) is 16.6. The third-order valence-corrected chi connectivity index (χ3v) is 15.0. The Balaban J connectivity index is 1.00. The zero-order valence-corrected chi connectivity index (χ0v) is 37.2. The van der Waals surface area contributed by atoms with Gasteiger partial charge in [-0.2, -0.15) is 0 Å². The van der Waals surface area contributed by atoms with E-state index in [1.54, 1.807) is 0 Å². The van der Waals surface area contributed by atoms with Gasteiger partial charge in [-0.3, -0.25) is 10.4 Å². The Labute approximate surface area is 377 Å². The number of aliphatic imine (C=N–C) groups is 1. The fourth-order valence-corrected chi connectivity index (χ4v) is 11.8. The Kier molecular flexibility index (Phi) is 10.2. The number of amidine groups is 1. The predicted octanol–water partition coefficient (Wildman–Crippen LogP) is 11.5. The minimum atomic E-state index is -0.659. The van der Waals surface area contributed by atoms with E-state index in [0.29, 0.717) is 5.84 Å². The van der Waals surface area contributed by atoms with Crippen LogP contribution in [0.5, 0.6) is 0 Å². The molecule has 4 nitrogen and oxygen atoms in total. The standard InChI is InChI=1S/C59H48N4Si/c1-40-33-34-46(35-43(40)39-61-58(41-19-6-2-7-20-41)62-57(60)42-21-18-28-48(36-42)64-47-26-12-5-13-27-47)63-55-32-17-15-30-50(55)52-37-51-49-29-14-16-31-53(49)59(54(51)38-56(52)63,44-22-8-3-9-23-44)45-24-10-4-11-25-45/h2-32,34-40,58H,33,64H2,1H3,(H2,60,62)/b61-39+. The van der Waals surface area contributed by atoms with Crippen molar-refractivity contribution >= 4 is 59.4 Å². The third kappa shape index (κ3) is 6.86. The van der Waals surface area contributed by atoms with Gasteiger partial charge in [0.1, 0.15) is 12.0 Å². The lowest BCUT2D eigenvalue weighted by Gasteiger charge is -2.34. The van der Waals surface area contributed by atoms with Crippen molar-refractivity contribution in [1.29, 1.82) is 5.41 Å². The Morgan fingerprint density at radius 2 is 1.28 bits per heavy atom. The maximum Gasteiger partial charge on any atom is 0.145 e. The highest BCUT2D eigenvalue weighted by Gasteiger charge is 2.46. The zero-order chi connectivity index (χ0) is 43.0. The summed E-state index contributed by atoms with van der Waals surface area (Å²) in [6, 6.07) is 74.3. The van der Waals surface area contributed by atoms with Crippen LogP contribution in [0, 0.1) is 11.3 Å². The molecule has 0 saturated heterocycles. The molecule has 2 N–H and O–H groups in total. The van der Waals surface area contributed by atoms with Gasteiger partial charge in [0.2, 0.25) is 0 Å². The number of benzene rings is 8. The van der Waals surface area contributed by atoms with E-state index >= 15 is 0 Å². The number of aromatic nitrogens is 1. The molecule has 2 aliphatic rings. The van der Waals surface area contributed by atoms with Crippen molar-refractivity contribution in [2.45, 2.75) is 24.9 Å². The molecule has 0 saturated carbocycles. The highest BCUT2D eigenvalue weighted by atomic mass is 28.2. The van der Waals surface area contributed by atoms with Crippen molar-refractivity contribution in [3.8, 4) is 11.1 Å². The largest absolute Gasteiger partial charge is 0.345 e. The summed E-state index contributed by atoms with van der Waals surface area (Å²) in [6.45, 7) is 2.28. The van der Waals surface area contributed by atoms with E-state index < -0.39 is 21.1 Å². The molecule has 308 valence electrons. The van der Waals surface area contributed by atoms with Crippen LogP contribution in [0.25, 0.3) is 38.6 Å². The van der Waals surface area contributed by atoms with Crippen LogP contribution in [0.2, 0.25) is 0 Å². The molecule has 2 aliphatic carbocycles. The first-order valence-corrected chi connectivity index (χ1v) is 23.7. The molecule has 11 rings (SSSR count). The summed E-state index contributed by atoms with van der Waals surface area (Å²) >= 11 is 0. The summed E-state index contributed by atoms with van der Waals surface area (Å²) in [5, 5.41) is 17.9. The SMILES string of the molecule is CC1CC=C(n2c3ccccc3c3cc4c(cc32)C(c2ccccc2)(c2ccccc2)c2ccccc2-4)C=C1/C=N/C(NC(=N)c1cccc([SiH2]c2ccccc2)c1)c1ccccc1. The lowest BCUT2D eigenvalue weighted by Crippen LogP contribution is -2.31.